The smallest absolute Gasteiger partial charge is 0.322 e. The first-order valence-corrected chi connectivity index (χ1v) is 7.35. The molecule has 1 aromatic heterocycles. The number of hydroxylamine groups is 2. The number of carbonyl (C=O) groups is 3. The summed E-state index contributed by atoms with van der Waals surface area (Å²) in [5.74, 6) is -3.52. The quantitative estimate of drug-likeness (QED) is 0.772. The van der Waals surface area contributed by atoms with Crippen molar-refractivity contribution in [1.82, 2.24) is 20.1 Å². The number of rotatable bonds is 3. The number of nitrogens with zero attached hydrogens (tertiary/aromatic N) is 4. The van der Waals surface area contributed by atoms with Gasteiger partial charge in [0.1, 0.15) is 0 Å². The van der Waals surface area contributed by atoms with Gasteiger partial charge in [0.25, 0.3) is 11.8 Å². The molecular weight excluding hydrogens is 357 g/mol. The molecule has 1 aromatic carbocycles. The number of carbonyl (C=O) groups excluding carboxylic acids is 3. The molecule has 0 saturated carbocycles. The van der Waals surface area contributed by atoms with E-state index in [9.17, 15) is 27.6 Å². The van der Waals surface area contributed by atoms with Crippen LogP contribution in [-0.4, -0.2) is 37.8 Å². The van der Waals surface area contributed by atoms with Crippen LogP contribution in [0.2, 0.25) is 0 Å². The molecule has 0 spiro atoms. The molecule has 2 amide bonds. The van der Waals surface area contributed by atoms with Crippen molar-refractivity contribution in [3.63, 3.8) is 0 Å². The molecule has 0 bridgehead atoms. The number of benzene rings is 1. The summed E-state index contributed by atoms with van der Waals surface area (Å²) in [5, 5.41) is 6.64. The fourth-order valence-corrected chi connectivity index (χ4v) is 2.43. The fourth-order valence-electron chi connectivity index (χ4n) is 2.43. The molecule has 136 valence electrons. The molecule has 11 heteroatoms. The maximum Gasteiger partial charge on any atom is 0.435 e. The highest BCUT2D eigenvalue weighted by molar-refractivity contribution is 6.21. The molecule has 1 aliphatic heterocycles. The van der Waals surface area contributed by atoms with Gasteiger partial charge >= 0.3 is 12.1 Å². The van der Waals surface area contributed by atoms with E-state index in [4.69, 9.17) is 0 Å². The predicted molar refractivity (Wildman–Crippen MR) is 77.8 cm³/mol. The minimum atomic E-state index is -4.94. The molecule has 3 rings (SSSR count). The van der Waals surface area contributed by atoms with Gasteiger partial charge in [-0.05, 0) is 26.0 Å². The normalized spacial score (nSPS) is 14.2. The average molecular weight is 368 g/mol. The molecule has 0 atom stereocenters. The Hall–Kier alpha value is -3.24. The number of aromatic nitrogens is 3. The van der Waals surface area contributed by atoms with Gasteiger partial charge in [-0.3, -0.25) is 9.59 Å². The van der Waals surface area contributed by atoms with Gasteiger partial charge < -0.3 is 4.84 Å². The first-order chi connectivity index (χ1) is 12.1. The number of imide groups is 1. The second-order valence-electron chi connectivity index (χ2n) is 5.65. The van der Waals surface area contributed by atoms with E-state index in [-0.39, 0.29) is 16.2 Å². The molecule has 0 saturated heterocycles. The average Bonchev–Trinajstić information content (AvgIpc) is 3.12. The van der Waals surface area contributed by atoms with Gasteiger partial charge in [0.2, 0.25) is 5.69 Å². The summed E-state index contributed by atoms with van der Waals surface area (Å²) in [4.78, 5) is 41.0. The molecular formula is C15H11F3N4O4. The summed E-state index contributed by atoms with van der Waals surface area (Å²) in [5.41, 5.74) is -2.60. The Morgan fingerprint density at radius 1 is 1.12 bits per heavy atom. The molecule has 0 radical (unpaired) electrons. The summed E-state index contributed by atoms with van der Waals surface area (Å²) in [7, 11) is 0. The Bertz CT molecular complexity index is 885. The molecule has 0 N–H and O–H groups in total. The van der Waals surface area contributed by atoms with Gasteiger partial charge in [-0.2, -0.15) is 13.2 Å². The largest absolute Gasteiger partial charge is 0.435 e. The molecule has 0 unspecified atom stereocenters. The number of hydrogen-bond donors (Lipinski definition) is 0. The Morgan fingerprint density at radius 3 is 2.12 bits per heavy atom. The monoisotopic (exact) mass is 368 g/mol. The number of alkyl halides is 3. The number of amides is 2. The van der Waals surface area contributed by atoms with Crippen molar-refractivity contribution in [3.8, 4) is 0 Å². The van der Waals surface area contributed by atoms with E-state index in [0.717, 1.165) is 0 Å². The zero-order valence-corrected chi connectivity index (χ0v) is 13.4. The maximum atomic E-state index is 13.3. The molecule has 0 aliphatic carbocycles. The summed E-state index contributed by atoms with van der Waals surface area (Å²) in [6, 6.07) is 4.91. The van der Waals surface area contributed by atoms with Gasteiger partial charge in [-0.25, -0.2) is 9.48 Å². The molecule has 8 nitrogen and oxygen atoms in total. The van der Waals surface area contributed by atoms with Crippen LogP contribution in [0.25, 0.3) is 0 Å². The van der Waals surface area contributed by atoms with Gasteiger partial charge in [-0.15, -0.1) is 5.10 Å². The molecule has 0 fully saturated rings. The molecule has 1 aliphatic rings. The number of hydrogen-bond acceptors (Lipinski definition) is 6. The summed E-state index contributed by atoms with van der Waals surface area (Å²) >= 11 is 0. The van der Waals surface area contributed by atoms with Crippen molar-refractivity contribution in [2.45, 2.75) is 26.1 Å². The van der Waals surface area contributed by atoms with Gasteiger partial charge in [0, 0.05) is 6.04 Å². The van der Waals surface area contributed by atoms with E-state index in [1.54, 1.807) is 0 Å². The number of halogens is 3. The van der Waals surface area contributed by atoms with Crippen LogP contribution in [0.5, 0.6) is 0 Å². The van der Waals surface area contributed by atoms with Crippen LogP contribution in [0.15, 0.2) is 24.3 Å². The Morgan fingerprint density at radius 2 is 1.65 bits per heavy atom. The van der Waals surface area contributed by atoms with Crippen molar-refractivity contribution < 1.29 is 32.4 Å². The second-order valence-corrected chi connectivity index (χ2v) is 5.65. The van der Waals surface area contributed by atoms with E-state index >= 15 is 0 Å². The Labute approximate surface area is 144 Å². The SMILES string of the molecule is CC(C)n1nnc(C(=O)ON2C(=O)c3ccccc3C2=O)c1C(F)(F)F. The number of fused-ring (bicyclic) bond motifs is 1. The Balaban J connectivity index is 1.93. The van der Waals surface area contributed by atoms with Crippen molar-refractivity contribution in [2.24, 2.45) is 0 Å². The van der Waals surface area contributed by atoms with Crippen LogP contribution in [0.3, 0.4) is 0 Å². The standard InChI is InChI=1S/C15H11F3N4O4/c1-7(2)21-11(15(16,17)18)10(19-20-21)14(25)26-22-12(23)8-5-3-4-6-9(8)13(22)24/h3-7H,1-2H3. The van der Waals surface area contributed by atoms with E-state index < -0.39 is 41.4 Å². The van der Waals surface area contributed by atoms with Crippen molar-refractivity contribution >= 4 is 17.8 Å². The van der Waals surface area contributed by atoms with Gasteiger partial charge in [-0.1, -0.05) is 22.4 Å². The van der Waals surface area contributed by atoms with Crippen LogP contribution in [0, 0.1) is 0 Å². The van der Waals surface area contributed by atoms with E-state index in [1.165, 1.54) is 38.1 Å². The van der Waals surface area contributed by atoms with E-state index in [0.29, 0.717) is 4.68 Å². The molecule has 2 aromatic rings. The third kappa shape index (κ3) is 2.70. The second kappa shape index (κ2) is 5.93. The molecule has 26 heavy (non-hydrogen) atoms. The lowest BCUT2D eigenvalue weighted by molar-refractivity contribution is -0.145. The lowest BCUT2D eigenvalue weighted by Gasteiger charge is -2.15. The topological polar surface area (TPSA) is 94.4 Å². The van der Waals surface area contributed by atoms with Gasteiger partial charge in [0.15, 0.2) is 5.69 Å². The minimum absolute atomic E-state index is 0.0211. The summed E-state index contributed by atoms with van der Waals surface area (Å²) < 4.78 is 40.4. The Kier molecular flexibility index (Phi) is 4.01. The lowest BCUT2D eigenvalue weighted by Crippen LogP contribution is -2.33. The zero-order chi connectivity index (χ0) is 19.2. The third-order valence-electron chi connectivity index (χ3n) is 3.58. The van der Waals surface area contributed by atoms with Crippen molar-refractivity contribution in [1.29, 1.82) is 0 Å². The highest BCUT2D eigenvalue weighted by Crippen LogP contribution is 2.33. The summed E-state index contributed by atoms with van der Waals surface area (Å²) in [6.07, 6.45) is -4.94. The van der Waals surface area contributed by atoms with E-state index in [2.05, 4.69) is 15.1 Å². The summed E-state index contributed by atoms with van der Waals surface area (Å²) in [6.45, 7) is 2.84. The first-order valence-electron chi connectivity index (χ1n) is 7.35. The maximum absolute atomic E-state index is 13.3. The fraction of sp³-hybridized carbons (Fsp3) is 0.267. The third-order valence-corrected chi connectivity index (χ3v) is 3.58. The van der Waals surface area contributed by atoms with Crippen LogP contribution < -0.4 is 0 Å². The van der Waals surface area contributed by atoms with E-state index in [1.807, 2.05) is 0 Å². The van der Waals surface area contributed by atoms with Crippen molar-refractivity contribution in [3.05, 3.63) is 46.8 Å². The van der Waals surface area contributed by atoms with Crippen LogP contribution in [0.1, 0.15) is 56.8 Å². The lowest BCUT2D eigenvalue weighted by atomic mass is 10.1. The molecule has 2 heterocycles. The minimum Gasteiger partial charge on any atom is -0.322 e. The highest BCUT2D eigenvalue weighted by atomic mass is 19.4. The van der Waals surface area contributed by atoms with Gasteiger partial charge in [0.05, 0.1) is 11.1 Å². The highest BCUT2D eigenvalue weighted by Gasteiger charge is 2.45. The van der Waals surface area contributed by atoms with Crippen LogP contribution in [0.4, 0.5) is 13.2 Å². The van der Waals surface area contributed by atoms with Crippen LogP contribution >= 0.6 is 0 Å². The zero-order valence-electron chi connectivity index (χ0n) is 13.4. The first kappa shape index (κ1) is 17.6. The van der Waals surface area contributed by atoms with Crippen LogP contribution in [-0.2, 0) is 11.0 Å². The predicted octanol–water partition coefficient (Wildman–Crippen LogP) is 2.25. The van der Waals surface area contributed by atoms with Crippen molar-refractivity contribution in [2.75, 3.05) is 0 Å².